The summed E-state index contributed by atoms with van der Waals surface area (Å²) in [6.07, 6.45) is 1.93. The first-order valence-electron chi connectivity index (χ1n) is 4.82. The van der Waals surface area contributed by atoms with Gasteiger partial charge in [0.15, 0.2) is 0 Å². The number of fused-ring (bicyclic) bond motifs is 1. The maximum Gasteiger partial charge on any atom is 0.0522 e. The summed E-state index contributed by atoms with van der Waals surface area (Å²) in [5, 5.41) is 10.5. The van der Waals surface area contributed by atoms with E-state index in [0.29, 0.717) is 0 Å². The van der Waals surface area contributed by atoms with Gasteiger partial charge < -0.3 is 10.1 Å². The van der Waals surface area contributed by atoms with E-state index in [-0.39, 0.29) is 12.0 Å². The molecule has 2 aromatic rings. The van der Waals surface area contributed by atoms with E-state index in [1.165, 1.54) is 5.39 Å². The van der Waals surface area contributed by atoms with Crippen LogP contribution in [0, 0.1) is 0 Å². The summed E-state index contributed by atoms with van der Waals surface area (Å²) < 4.78 is 0. The molecule has 0 aliphatic carbocycles. The van der Waals surface area contributed by atoms with Gasteiger partial charge in [-0.15, -0.1) is 0 Å². The molecule has 1 aromatic heterocycles. The maximum atomic E-state index is 9.26. The molecule has 1 heterocycles. The Morgan fingerprint density at radius 1 is 1.29 bits per heavy atom. The quantitative estimate of drug-likeness (QED) is 0.747. The minimum absolute atomic E-state index is 0.166. The molecule has 2 heteroatoms. The van der Waals surface area contributed by atoms with Gasteiger partial charge in [-0.2, -0.15) is 0 Å². The predicted octanol–water partition coefficient (Wildman–Crippen LogP) is 2.44. The van der Waals surface area contributed by atoms with Gasteiger partial charge in [0.25, 0.3) is 0 Å². The van der Waals surface area contributed by atoms with Gasteiger partial charge in [0.2, 0.25) is 0 Å². The van der Waals surface area contributed by atoms with Gasteiger partial charge in [-0.1, -0.05) is 26.0 Å². The van der Waals surface area contributed by atoms with Crippen molar-refractivity contribution in [1.82, 2.24) is 4.98 Å². The molecule has 0 saturated carbocycles. The lowest BCUT2D eigenvalue weighted by Gasteiger charge is -2.22. The zero-order valence-corrected chi connectivity index (χ0v) is 8.54. The number of rotatable bonds is 2. The van der Waals surface area contributed by atoms with Gasteiger partial charge in [-0.05, 0) is 23.1 Å². The fourth-order valence-electron chi connectivity index (χ4n) is 1.56. The third-order valence-corrected chi connectivity index (χ3v) is 2.73. The molecular formula is C12H15NO. The van der Waals surface area contributed by atoms with Gasteiger partial charge in [-0.3, -0.25) is 0 Å². The topological polar surface area (TPSA) is 36.0 Å². The Balaban J connectivity index is 2.53. The lowest BCUT2D eigenvalue weighted by Crippen LogP contribution is -2.21. The van der Waals surface area contributed by atoms with Crippen LogP contribution in [-0.4, -0.2) is 16.7 Å². The Bertz CT molecular complexity index is 442. The van der Waals surface area contributed by atoms with Crippen molar-refractivity contribution in [3.8, 4) is 0 Å². The summed E-state index contributed by atoms with van der Waals surface area (Å²) in [6, 6.07) is 8.31. The fourth-order valence-corrected chi connectivity index (χ4v) is 1.56. The smallest absolute Gasteiger partial charge is 0.0522 e. The summed E-state index contributed by atoms with van der Waals surface area (Å²) in [6.45, 7) is 4.24. The number of aromatic nitrogens is 1. The molecule has 74 valence electrons. The number of aliphatic hydroxyl groups is 1. The van der Waals surface area contributed by atoms with Crippen molar-refractivity contribution in [1.29, 1.82) is 0 Å². The van der Waals surface area contributed by atoms with E-state index in [4.69, 9.17) is 0 Å². The molecule has 0 atom stereocenters. The molecule has 0 aliphatic rings. The van der Waals surface area contributed by atoms with Crippen molar-refractivity contribution >= 4 is 10.9 Å². The van der Waals surface area contributed by atoms with Crippen LogP contribution in [0.5, 0.6) is 0 Å². The molecule has 0 spiro atoms. The minimum Gasteiger partial charge on any atom is -0.395 e. The Hall–Kier alpha value is -1.28. The van der Waals surface area contributed by atoms with Crippen LogP contribution in [0.1, 0.15) is 19.4 Å². The van der Waals surface area contributed by atoms with Crippen molar-refractivity contribution < 1.29 is 5.11 Å². The molecule has 0 bridgehead atoms. The van der Waals surface area contributed by atoms with Crippen LogP contribution in [-0.2, 0) is 5.41 Å². The van der Waals surface area contributed by atoms with E-state index in [9.17, 15) is 5.11 Å². The summed E-state index contributed by atoms with van der Waals surface area (Å²) >= 11 is 0. The van der Waals surface area contributed by atoms with E-state index in [2.05, 4.69) is 23.2 Å². The van der Waals surface area contributed by atoms with Gasteiger partial charge in [0, 0.05) is 17.1 Å². The van der Waals surface area contributed by atoms with Crippen LogP contribution in [0.3, 0.4) is 0 Å². The van der Waals surface area contributed by atoms with E-state index in [1.54, 1.807) is 0 Å². The van der Waals surface area contributed by atoms with E-state index in [0.717, 1.165) is 11.1 Å². The third-order valence-electron chi connectivity index (χ3n) is 2.73. The van der Waals surface area contributed by atoms with Gasteiger partial charge in [-0.25, -0.2) is 0 Å². The second-order valence-electron chi connectivity index (χ2n) is 4.32. The summed E-state index contributed by atoms with van der Waals surface area (Å²) in [7, 11) is 0. The van der Waals surface area contributed by atoms with Crippen LogP contribution in [0.4, 0.5) is 0 Å². The molecule has 0 aliphatic heterocycles. The summed E-state index contributed by atoms with van der Waals surface area (Å²) in [5.41, 5.74) is 2.12. The average Bonchev–Trinajstić information content (AvgIpc) is 2.64. The predicted molar refractivity (Wildman–Crippen MR) is 58.4 cm³/mol. The SMILES string of the molecule is CC(C)(CO)c1ccc2cc[nH]c2c1. The number of hydrogen-bond donors (Lipinski definition) is 2. The highest BCUT2D eigenvalue weighted by Crippen LogP contribution is 2.25. The molecule has 1 aromatic carbocycles. The zero-order chi connectivity index (χ0) is 10.2. The first kappa shape index (κ1) is 9.28. The highest BCUT2D eigenvalue weighted by atomic mass is 16.3. The lowest BCUT2D eigenvalue weighted by molar-refractivity contribution is 0.218. The fraction of sp³-hybridized carbons (Fsp3) is 0.333. The van der Waals surface area contributed by atoms with Crippen LogP contribution >= 0.6 is 0 Å². The van der Waals surface area contributed by atoms with E-state index < -0.39 is 0 Å². The van der Waals surface area contributed by atoms with Crippen molar-refractivity contribution in [3.05, 3.63) is 36.0 Å². The van der Waals surface area contributed by atoms with Gasteiger partial charge >= 0.3 is 0 Å². The van der Waals surface area contributed by atoms with Crippen molar-refractivity contribution in [2.45, 2.75) is 19.3 Å². The molecule has 0 unspecified atom stereocenters. The van der Waals surface area contributed by atoms with Gasteiger partial charge in [0.1, 0.15) is 0 Å². The molecule has 2 nitrogen and oxygen atoms in total. The minimum atomic E-state index is -0.167. The number of hydrogen-bond acceptors (Lipinski definition) is 1. The normalized spacial score (nSPS) is 12.2. The van der Waals surface area contributed by atoms with Crippen LogP contribution in [0.2, 0.25) is 0 Å². The van der Waals surface area contributed by atoms with Crippen LogP contribution < -0.4 is 0 Å². The second-order valence-corrected chi connectivity index (χ2v) is 4.32. The highest BCUT2D eigenvalue weighted by molar-refractivity contribution is 5.80. The Morgan fingerprint density at radius 3 is 2.79 bits per heavy atom. The lowest BCUT2D eigenvalue weighted by atomic mass is 9.85. The number of benzene rings is 1. The summed E-state index contributed by atoms with van der Waals surface area (Å²) in [5.74, 6) is 0. The largest absolute Gasteiger partial charge is 0.395 e. The second kappa shape index (κ2) is 3.14. The van der Waals surface area contributed by atoms with Crippen LogP contribution in [0.15, 0.2) is 30.5 Å². The molecule has 0 amide bonds. The highest BCUT2D eigenvalue weighted by Gasteiger charge is 2.19. The van der Waals surface area contributed by atoms with Crippen molar-refractivity contribution in [2.75, 3.05) is 6.61 Å². The zero-order valence-electron chi connectivity index (χ0n) is 8.54. The molecule has 0 saturated heterocycles. The first-order chi connectivity index (χ1) is 6.63. The first-order valence-corrected chi connectivity index (χ1v) is 4.82. The molecule has 0 radical (unpaired) electrons. The summed E-state index contributed by atoms with van der Waals surface area (Å²) in [4.78, 5) is 3.17. The third kappa shape index (κ3) is 1.42. The van der Waals surface area contributed by atoms with Gasteiger partial charge in [0.05, 0.1) is 6.61 Å². The molecule has 14 heavy (non-hydrogen) atoms. The average molecular weight is 189 g/mol. The van der Waals surface area contributed by atoms with Crippen molar-refractivity contribution in [3.63, 3.8) is 0 Å². The molecule has 0 fully saturated rings. The molecule has 2 rings (SSSR count). The molecule has 2 N–H and O–H groups in total. The number of aromatic amines is 1. The number of nitrogens with one attached hydrogen (secondary N) is 1. The Labute approximate surface area is 83.6 Å². The monoisotopic (exact) mass is 189 g/mol. The molecular weight excluding hydrogens is 174 g/mol. The number of H-pyrrole nitrogens is 1. The van der Waals surface area contributed by atoms with E-state index >= 15 is 0 Å². The maximum absolute atomic E-state index is 9.26. The Kier molecular flexibility index (Phi) is 2.08. The van der Waals surface area contributed by atoms with E-state index in [1.807, 2.05) is 26.1 Å². The van der Waals surface area contributed by atoms with Crippen molar-refractivity contribution in [2.24, 2.45) is 0 Å². The standard InChI is InChI=1S/C12H15NO/c1-12(2,8-14)10-4-3-9-5-6-13-11(9)7-10/h3-7,13-14H,8H2,1-2H3. The Morgan fingerprint density at radius 2 is 2.07 bits per heavy atom. The van der Waals surface area contributed by atoms with Crippen LogP contribution in [0.25, 0.3) is 10.9 Å². The number of aliphatic hydroxyl groups excluding tert-OH is 1.